The van der Waals surface area contributed by atoms with E-state index in [9.17, 15) is 0 Å². The molecule has 0 aliphatic heterocycles. The third-order valence-electron chi connectivity index (χ3n) is 2.89. The lowest BCUT2D eigenvalue weighted by Gasteiger charge is -2.13. The highest BCUT2D eigenvalue weighted by Crippen LogP contribution is 2.17. The molecule has 0 unspecified atom stereocenters. The normalized spacial score (nSPS) is 10.3. The topological polar surface area (TPSA) is 21.3 Å². The Balaban J connectivity index is 2.30. The van der Waals surface area contributed by atoms with Gasteiger partial charge < -0.3 is 9.88 Å². The molecular weight excluding hydrogens is 221 g/mol. The van der Waals surface area contributed by atoms with Gasteiger partial charge in [-0.05, 0) is 30.6 Å². The van der Waals surface area contributed by atoms with E-state index in [0.29, 0.717) is 6.61 Å². The second kappa shape index (κ2) is 6.38. The molecule has 3 heteroatoms. The van der Waals surface area contributed by atoms with E-state index in [1.807, 2.05) is 20.0 Å². The van der Waals surface area contributed by atoms with Crippen LogP contribution in [0.3, 0.4) is 0 Å². The molecule has 0 spiro atoms. The van der Waals surface area contributed by atoms with Crippen LogP contribution in [0.1, 0.15) is 6.92 Å². The quantitative estimate of drug-likeness (QED) is 0.808. The molecule has 0 aliphatic carbocycles. The van der Waals surface area contributed by atoms with Crippen molar-refractivity contribution < 1.29 is 4.65 Å². The summed E-state index contributed by atoms with van der Waals surface area (Å²) in [6.07, 6.45) is 0. The Morgan fingerprint density at radius 3 is 2.39 bits per heavy atom. The molecule has 2 nitrogen and oxygen atoms in total. The van der Waals surface area contributed by atoms with Crippen molar-refractivity contribution in [3.05, 3.63) is 54.6 Å². The molecule has 0 atom stereocenters. The molecule has 0 amide bonds. The van der Waals surface area contributed by atoms with E-state index in [1.54, 1.807) is 0 Å². The fraction of sp³-hybridized carbons (Fsp3) is 0.200. The largest absolute Gasteiger partial charge is 0.418 e. The van der Waals surface area contributed by atoms with Crippen molar-refractivity contribution in [3.63, 3.8) is 0 Å². The maximum absolute atomic E-state index is 5.66. The Labute approximate surface area is 109 Å². The second-order valence-electron chi connectivity index (χ2n) is 4.12. The van der Waals surface area contributed by atoms with Gasteiger partial charge in [0.05, 0.1) is 0 Å². The van der Waals surface area contributed by atoms with Crippen LogP contribution in [-0.2, 0) is 4.65 Å². The van der Waals surface area contributed by atoms with Crippen molar-refractivity contribution in [2.75, 3.05) is 13.7 Å². The molecule has 0 aliphatic rings. The lowest BCUT2D eigenvalue weighted by atomic mass is 9.73. The van der Waals surface area contributed by atoms with Crippen molar-refractivity contribution in [1.82, 2.24) is 5.23 Å². The highest BCUT2D eigenvalue weighted by Gasteiger charge is 2.16. The Kier molecular flexibility index (Phi) is 4.56. The Hall–Kier alpha value is -1.58. The summed E-state index contributed by atoms with van der Waals surface area (Å²) in [4.78, 5) is 0. The lowest BCUT2D eigenvalue weighted by molar-refractivity contribution is 0.344. The standard InChI is InChI=1S/C15H18BNO/c1-3-18-16(17-2)15-11-7-10-14(12-15)13-8-5-4-6-9-13/h4-12,17H,3H2,1-2H3. The predicted molar refractivity (Wildman–Crippen MR) is 78.0 cm³/mol. The summed E-state index contributed by atoms with van der Waals surface area (Å²) in [7, 11) is 1.87. The summed E-state index contributed by atoms with van der Waals surface area (Å²) in [6, 6.07) is 18.8. The van der Waals surface area contributed by atoms with Gasteiger partial charge in [0.1, 0.15) is 0 Å². The van der Waals surface area contributed by atoms with Crippen LogP contribution in [0.4, 0.5) is 0 Å². The molecule has 0 radical (unpaired) electrons. The minimum Gasteiger partial charge on any atom is -0.418 e. The Morgan fingerprint density at radius 1 is 1.00 bits per heavy atom. The Bertz CT molecular complexity index is 487. The van der Waals surface area contributed by atoms with Crippen molar-refractivity contribution in [2.24, 2.45) is 0 Å². The maximum Gasteiger partial charge on any atom is 0.415 e. The predicted octanol–water partition coefficient (Wildman–Crippen LogP) is 2.30. The second-order valence-corrected chi connectivity index (χ2v) is 4.12. The lowest BCUT2D eigenvalue weighted by Crippen LogP contribution is -2.45. The van der Waals surface area contributed by atoms with Gasteiger partial charge in [-0.15, -0.1) is 0 Å². The zero-order valence-corrected chi connectivity index (χ0v) is 10.9. The van der Waals surface area contributed by atoms with Crippen LogP contribution in [0.15, 0.2) is 54.6 Å². The molecule has 0 bridgehead atoms. The van der Waals surface area contributed by atoms with Gasteiger partial charge in [-0.25, -0.2) is 0 Å². The summed E-state index contributed by atoms with van der Waals surface area (Å²) in [6.45, 7) is 2.70. The first kappa shape index (κ1) is 12.9. The monoisotopic (exact) mass is 239 g/mol. The fourth-order valence-electron chi connectivity index (χ4n) is 2.02. The number of rotatable bonds is 5. The van der Waals surface area contributed by atoms with Gasteiger partial charge in [-0.3, -0.25) is 0 Å². The van der Waals surface area contributed by atoms with E-state index < -0.39 is 0 Å². The first-order chi connectivity index (χ1) is 8.85. The van der Waals surface area contributed by atoms with Crippen molar-refractivity contribution in [2.45, 2.75) is 6.92 Å². The zero-order chi connectivity index (χ0) is 12.8. The van der Waals surface area contributed by atoms with Gasteiger partial charge in [0.2, 0.25) is 0 Å². The first-order valence-corrected chi connectivity index (χ1v) is 6.29. The SMILES string of the molecule is CCOB(NC)c1cccc(-c2ccccc2)c1. The molecule has 2 aromatic carbocycles. The van der Waals surface area contributed by atoms with Gasteiger partial charge in [0, 0.05) is 6.61 Å². The van der Waals surface area contributed by atoms with Crippen LogP contribution in [0.25, 0.3) is 11.1 Å². The van der Waals surface area contributed by atoms with E-state index in [1.165, 1.54) is 11.1 Å². The molecule has 0 saturated carbocycles. The smallest absolute Gasteiger partial charge is 0.415 e. The van der Waals surface area contributed by atoms with E-state index in [4.69, 9.17) is 4.65 Å². The van der Waals surface area contributed by atoms with Gasteiger partial charge in [-0.1, -0.05) is 54.6 Å². The van der Waals surface area contributed by atoms with Gasteiger partial charge in [-0.2, -0.15) is 0 Å². The van der Waals surface area contributed by atoms with E-state index >= 15 is 0 Å². The zero-order valence-electron chi connectivity index (χ0n) is 10.9. The van der Waals surface area contributed by atoms with Crippen LogP contribution in [-0.4, -0.2) is 20.7 Å². The number of hydrogen-bond donors (Lipinski definition) is 1. The van der Waals surface area contributed by atoms with E-state index in [-0.39, 0.29) is 7.05 Å². The van der Waals surface area contributed by atoms with Crippen LogP contribution < -0.4 is 10.7 Å². The molecule has 0 saturated heterocycles. The third-order valence-corrected chi connectivity index (χ3v) is 2.89. The molecule has 92 valence electrons. The molecule has 0 heterocycles. The highest BCUT2D eigenvalue weighted by atomic mass is 16.4. The molecule has 0 aromatic heterocycles. The van der Waals surface area contributed by atoms with Crippen molar-refractivity contribution in [3.8, 4) is 11.1 Å². The van der Waals surface area contributed by atoms with Crippen molar-refractivity contribution in [1.29, 1.82) is 0 Å². The average Bonchev–Trinajstić information content (AvgIpc) is 2.46. The molecule has 0 fully saturated rings. The number of hydrogen-bond acceptors (Lipinski definition) is 2. The number of nitrogens with one attached hydrogen (secondary N) is 1. The van der Waals surface area contributed by atoms with Crippen LogP contribution in [0.2, 0.25) is 0 Å². The summed E-state index contributed by atoms with van der Waals surface area (Å²) in [5.74, 6) is 0. The molecular formula is C15H18BNO. The van der Waals surface area contributed by atoms with Gasteiger partial charge in [0.25, 0.3) is 0 Å². The summed E-state index contributed by atoms with van der Waals surface area (Å²) in [5.41, 5.74) is 3.60. The summed E-state index contributed by atoms with van der Waals surface area (Å²) < 4.78 is 5.66. The number of benzene rings is 2. The van der Waals surface area contributed by atoms with Crippen molar-refractivity contribution >= 4 is 12.5 Å². The molecule has 1 N–H and O–H groups in total. The molecule has 18 heavy (non-hydrogen) atoms. The highest BCUT2D eigenvalue weighted by molar-refractivity contribution is 6.65. The third kappa shape index (κ3) is 3.00. The van der Waals surface area contributed by atoms with E-state index in [2.05, 4.69) is 53.8 Å². The average molecular weight is 239 g/mol. The van der Waals surface area contributed by atoms with Crippen LogP contribution >= 0.6 is 0 Å². The summed E-state index contributed by atoms with van der Waals surface area (Å²) in [5, 5.41) is 3.18. The van der Waals surface area contributed by atoms with Crippen LogP contribution in [0.5, 0.6) is 0 Å². The first-order valence-electron chi connectivity index (χ1n) is 6.29. The minimum absolute atomic E-state index is 0.0429. The Morgan fingerprint density at radius 2 is 1.72 bits per heavy atom. The minimum atomic E-state index is -0.0429. The summed E-state index contributed by atoms with van der Waals surface area (Å²) >= 11 is 0. The van der Waals surface area contributed by atoms with Gasteiger partial charge >= 0.3 is 7.05 Å². The molecule has 2 aromatic rings. The maximum atomic E-state index is 5.66. The van der Waals surface area contributed by atoms with Crippen LogP contribution in [0, 0.1) is 0 Å². The fourth-order valence-corrected chi connectivity index (χ4v) is 2.02. The van der Waals surface area contributed by atoms with Gasteiger partial charge in [0.15, 0.2) is 0 Å². The molecule has 2 rings (SSSR count). The van der Waals surface area contributed by atoms with E-state index in [0.717, 1.165) is 5.46 Å².